The second-order valence-electron chi connectivity index (χ2n) is 5.33. The normalized spacial score (nSPS) is 14.2. The number of halogens is 3. The molecule has 0 atom stereocenters. The maximum absolute atomic E-state index is 13.0. The third kappa shape index (κ3) is 3.67. The van der Waals surface area contributed by atoms with E-state index in [1.165, 1.54) is 18.2 Å². The van der Waals surface area contributed by atoms with Crippen LogP contribution in [0.1, 0.15) is 5.56 Å². The predicted molar refractivity (Wildman–Crippen MR) is 89.5 cm³/mol. The number of thioether (sulfide) groups is 1. The molecular formula is C17H15F3N2OS. The van der Waals surface area contributed by atoms with Crippen LogP contribution in [0.4, 0.5) is 24.5 Å². The van der Waals surface area contributed by atoms with Gasteiger partial charge in [-0.1, -0.05) is 24.3 Å². The number of para-hydroxylation sites is 2. The molecule has 0 radical (unpaired) electrons. The van der Waals surface area contributed by atoms with Crippen molar-refractivity contribution in [2.24, 2.45) is 0 Å². The lowest BCUT2D eigenvalue weighted by Crippen LogP contribution is -2.37. The summed E-state index contributed by atoms with van der Waals surface area (Å²) in [5, 5.41) is 2.39. The highest BCUT2D eigenvalue weighted by Gasteiger charge is 2.33. The lowest BCUT2D eigenvalue weighted by atomic mass is 10.1. The van der Waals surface area contributed by atoms with Gasteiger partial charge < -0.3 is 10.2 Å². The van der Waals surface area contributed by atoms with Crippen molar-refractivity contribution in [3.8, 4) is 0 Å². The number of hydrogen-bond acceptors (Lipinski definition) is 3. The van der Waals surface area contributed by atoms with E-state index >= 15 is 0 Å². The topological polar surface area (TPSA) is 32.3 Å². The average molecular weight is 352 g/mol. The van der Waals surface area contributed by atoms with Gasteiger partial charge in [-0.2, -0.15) is 13.2 Å². The molecule has 24 heavy (non-hydrogen) atoms. The fourth-order valence-corrected chi connectivity index (χ4v) is 3.64. The van der Waals surface area contributed by atoms with Crippen molar-refractivity contribution >= 4 is 29.0 Å². The van der Waals surface area contributed by atoms with E-state index in [4.69, 9.17) is 0 Å². The number of anilines is 2. The molecular weight excluding hydrogens is 337 g/mol. The molecule has 0 fully saturated rings. The van der Waals surface area contributed by atoms with Crippen LogP contribution < -0.4 is 10.2 Å². The summed E-state index contributed by atoms with van der Waals surface area (Å²) < 4.78 is 39.0. The van der Waals surface area contributed by atoms with Crippen molar-refractivity contribution in [1.82, 2.24) is 0 Å². The Balaban J connectivity index is 1.74. The molecule has 2 aromatic rings. The van der Waals surface area contributed by atoms with Gasteiger partial charge in [0.2, 0.25) is 5.91 Å². The van der Waals surface area contributed by atoms with E-state index in [1.54, 1.807) is 11.8 Å². The van der Waals surface area contributed by atoms with Crippen LogP contribution in [0, 0.1) is 0 Å². The van der Waals surface area contributed by atoms with E-state index in [2.05, 4.69) is 5.32 Å². The third-order valence-electron chi connectivity index (χ3n) is 3.67. The van der Waals surface area contributed by atoms with E-state index in [9.17, 15) is 18.0 Å². The Morgan fingerprint density at radius 1 is 1.12 bits per heavy atom. The molecule has 1 amide bonds. The number of benzene rings is 2. The number of alkyl halides is 3. The van der Waals surface area contributed by atoms with Gasteiger partial charge in [-0.05, 0) is 24.3 Å². The zero-order valence-electron chi connectivity index (χ0n) is 12.6. The molecule has 1 N–H and O–H groups in total. The van der Waals surface area contributed by atoms with Crippen molar-refractivity contribution in [2.75, 3.05) is 29.1 Å². The highest BCUT2D eigenvalue weighted by atomic mass is 32.2. The van der Waals surface area contributed by atoms with Gasteiger partial charge in [0.1, 0.15) is 0 Å². The first-order valence-corrected chi connectivity index (χ1v) is 8.36. The first-order chi connectivity index (χ1) is 11.4. The predicted octanol–water partition coefficient (Wildman–Crippen LogP) is 4.26. The zero-order valence-corrected chi connectivity index (χ0v) is 13.5. The monoisotopic (exact) mass is 352 g/mol. The molecule has 1 aliphatic rings. The smallest absolute Gasteiger partial charge is 0.360 e. The van der Waals surface area contributed by atoms with Gasteiger partial charge in [0.25, 0.3) is 0 Å². The second-order valence-corrected chi connectivity index (χ2v) is 6.47. The number of carbonyl (C=O) groups is 1. The number of amides is 1. The Hall–Kier alpha value is -2.15. The van der Waals surface area contributed by atoms with Gasteiger partial charge in [-0.3, -0.25) is 4.79 Å². The van der Waals surface area contributed by atoms with Crippen molar-refractivity contribution in [3.63, 3.8) is 0 Å². The van der Waals surface area contributed by atoms with Gasteiger partial charge in [-0.15, -0.1) is 11.8 Å². The fourth-order valence-electron chi connectivity index (χ4n) is 2.59. The van der Waals surface area contributed by atoms with Gasteiger partial charge in [0, 0.05) is 17.2 Å². The van der Waals surface area contributed by atoms with Crippen LogP contribution in [0.3, 0.4) is 0 Å². The number of hydrogen-bond donors (Lipinski definition) is 1. The number of nitrogens with one attached hydrogen (secondary N) is 1. The van der Waals surface area contributed by atoms with Gasteiger partial charge in [-0.25, -0.2) is 0 Å². The summed E-state index contributed by atoms with van der Waals surface area (Å²) in [6.07, 6.45) is -4.50. The molecule has 3 rings (SSSR count). The van der Waals surface area contributed by atoms with E-state index in [1.807, 2.05) is 29.2 Å². The highest BCUT2D eigenvalue weighted by molar-refractivity contribution is 7.99. The maximum Gasteiger partial charge on any atom is 0.418 e. The van der Waals surface area contributed by atoms with Gasteiger partial charge >= 0.3 is 6.18 Å². The zero-order chi connectivity index (χ0) is 17.2. The summed E-state index contributed by atoms with van der Waals surface area (Å²) in [7, 11) is 0. The summed E-state index contributed by atoms with van der Waals surface area (Å²) >= 11 is 1.71. The van der Waals surface area contributed by atoms with Gasteiger partial charge in [0.05, 0.1) is 23.5 Å². The minimum absolute atomic E-state index is 0.0176. The Morgan fingerprint density at radius 2 is 1.83 bits per heavy atom. The second kappa shape index (κ2) is 6.76. The van der Waals surface area contributed by atoms with Crippen LogP contribution in [0.25, 0.3) is 0 Å². The van der Waals surface area contributed by atoms with Crippen LogP contribution in [0.2, 0.25) is 0 Å². The van der Waals surface area contributed by atoms with Crippen LogP contribution in [0.5, 0.6) is 0 Å². The molecule has 0 saturated carbocycles. The fraction of sp³-hybridized carbons (Fsp3) is 0.235. The Morgan fingerprint density at radius 3 is 2.62 bits per heavy atom. The van der Waals surface area contributed by atoms with Crippen molar-refractivity contribution in [1.29, 1.82) is 0 Å². The molecule has 0 saturated heterocycles. The lowest BCUT2D eigenvalue weighted by Gasteiger charge is -2.30. The summed E-state index contributed by atoms with van der Waals surface area (Å²) in [4.78, 5) is 15.2. The molecule has 0 bridgehead atoms. The minimum atomic E-state index is -4.50. The summed E-state index contributed by atoms with van der Waals surface area (Å²) in [6.45, 7) is 0.694. The summed E-state index contributed by atoms with van der Waals surface area (Å²) in [5.41, 5.74) is -0.115. The third-order valence-corrected chi connectivity index (χ3v) is 4.71. The standard InChI is InChI=1S/C17H15F3N2OS/c18-17(19,20)12-5-1-2-6-13(12)21-16(23)11-22-9-10-24-15-8-4-3-7-14(15)22/h1-8H,9-11H2,(H,21,23). The molecule has 0 aromatic heterocycles. The number of rotatable bonds is 3. The van der Waals surface area contributed by atoms with Crippen LogP contribution >= 0.6 is 11.8 Å². The Labute approximate surface area is 141 Å². The lowest BCUT2D eigenvalue weighted by molar-refractivity contribution is -0.137. The van der Waals surface area contributed by atoms with E-state index in [-0.39, 0.29) is 12.2 Å². The average Bonchev–Trinajstić information content (AvgIpc) is 2.54. The summed E-state index contributed by atoms with van der Waals surface area (Å²) in [6, 6.07) is 12.7. The first-order valence-electron chi connectivity index (χ1n) is 7.38. The van der Waals surface area contributed by atoms with E-state index < -0.39 is 17.6 Å². The number of carbonyl (C=O) groups excluding carboxylic acids is 1. The maximum atomic E-state index is 13.0. The number of nitrogens with zero attached hydrogens (tertiary/aromatic N) is 1. The molecule has 2 aromatic carbocycles. The highest BCUT2D eigenvalue weighted by Crippen LogP contribution is 2.35. The van der Waals surface area contributed by atoms with Gasteiger partial charge in [0.15, 0.2) is 0 Å². The molecule has 0 aliphatic carbocycles. The molecule has 1 heterocycles. The molecule has 3 nitrogen and oxygen atoms in total. The molecule has 1 aliphatic heterocycles. The molecule has 7 heteroatoms. The van der Waals surface area contributed by atoms with Crippen molar-refractivity contribution in [2.45, 2.75) is 11.1 Å². The Kier molecular flexibility index (Phi) is 4.71. The SMILES string of the molecule is O=C(CN1CCSc2ccccc21)Nc1ccccc1C(F)(F)F. The molecule has 0 unspecified atom stereocenters. The van der Waals surface area contributed by atoms with E-state index in [0.29, 0.717) is 6.54 Å². The van der Waals surface area contributed by atoms with Crippen LogP contribution in [-0.4, -0.2) is 24.7 Å². The quantitative estimate of drug-likeness (QED) is 0.896. The molecule has 126 valence electrons. The first kappa shape index (κ1) is 16.7. The minimum Gasteiger partial charge on any atom is -0.360 e. The Bertz CT molecular complexity index is 749. The van der Waals surface area contributed by atoms with Crippen LogP contribution in [0.15, 0.2) is 53.4 Å². The summed E-state index contributed by atoms with van der Waals surface area (Å²) in [5.74, 6) is 0.372. The van der Waals surface area contributed by atoms with Crippen LogP contribution in [-0.2, 0) is 11.0 Å². The van der Waals surface area contributed by atoms with Crippen molar-refractivity contribution in [3.05, 3.63) is 54.1 Å². The van der Waals surface area contributed by atoms with E-state index in [0.717, 1.165) is 22.4 Å². The number of fused-ring (bicyclic) bond motifs is 1. The largest absolute Gasteiger partial charge is 0.418 e. The van der Waals surface area contributed by atoms with Crippen molar-refractivity contribution < 1.29 is 18.0 Å². The molecule has 0 spiro atoms.